The molecule has 0 bridgehead atoms. The van der Waals surface area contributed by atoms with E-state index in [2.05, 4.69) is 36.0 Å². The second-order valence-electron chi connectivity index (χ2n) is 8.25. The lowest BCUT2D eigenvalue weighted by molar-refractivity contribution is 0.0658. The zero-order valence-corrected chi connectivity index (χ0v) is 17.0. The van der Waals surface area contributed by atoms with Gasteiger partial charge in [-0.15, -0.1) is 0 Å². The third-order valence-corrected chi connectivity index (χ3v) is 4.97. The second-order valence-corrected chi connectivity index (χ2v) is 8.25. The minimum absolute atomic E-state index is 0.101. The third kappa shape index (κ3) is 4.57. The summed E-state index contributed by atoms with van der Waals surface area (Å²) in [7, 11) is 2.04. The molecule has 2 aromatic rings. The summed E-state index contributed by atoms with van der Waals surface area (Å²) in [6.45, 7) is 9.34. The monoisotopic (exact) mass is 380 g/mol. The van der Waals surface area contributed by atoms with Crippen molar-refractivity contribution >= 4 is 17.5 Å². The van der Waals surface area contributed by atoms with E-state index in [4.69, 9.17) is 0 Å². The Kier molecular flexibility index (Phi) is 5.79. The van der Waals surface area contributed by atoms with Crippen molar-refractivity contribution in [1.82, 2.24) is 14.8 Å². The van der Waals surface area contributed by atoms with Gasteiger partial charge in [0.15, 0.2) is 0 Å². The van der Waals surface area contributed by atoms with Gasteiger partial charge in [0.25, 0.3) is 11.8 Å². The number of nitrogens with zero attached hydrogens (tertiary/aromatic N) is 3. The molecule has 6 nitrogen and oxygen atoms in total. The molecule has 1 aliphatic rings. The van der Waals surface area contributed by atoms with Crippen molar-refractivity contribution < 1.29 is 9.59 Å². The molecule has 1 fully saturated rings. The van der Waals surface area contributed by atoms with Gasteiger partial charge in [0.05, 0.1) is 0 Å². The lowest BCUT2D eigenvalue weighted by Gasteiger charge is -2.32. The topological polar surface area (TPSA) is 65.5 Å². The molecular formula is C22H28N4O2. The Balaban J connectivity index is 1.77. The smallest absolute Gasteiger partial charge is 0.274 e. The Morgan fingerprint density at radius 1 is 0.929 bits per heavy atom. The maximum atomic E-state index is 12.8. The van der Waals surface area contributed by atoms with Crippen molar-refractivity contribution in [2.45, 2.75) is 26.2 Å². The van der Waals surface area contributed by atoms with Crippen LogP contribution in [0.3, 0.4) is 0 Å². The quantitative estimate of drug-likeness (QED) is 0.889. The number of carbonyl (C=O) groups is 2. The first kappa shape index (κ1) is 20.0. The van der Waals surface area contributed by atoms with Crippen LogP contribution in [0.5, 0.6) is 0 Å². The summed E-state index contributed by atoms with van der Waals surface area (Å²) in [5.41, 5.74) is 2.26. The summed E-state index contributed by atoms with van der Waals surface area (Å²) in [4.78, 5) is 33.8. The average Bonchev–Trinajstić information content (AvgIpc) is 2.68. The molecule has 0 aliphatic carbocycles. The number of benzene rings is 1. The highest BCUT2D eigenvalue weighted by Gasteiger charge is 2.23. The van der Waals surface area contributed by atoms with Crippen LogP contribution in [0.4, 0.5) is 5.69 Å². The van der Waals surface area contributed by atoms with Gasteiger partial charge in [0.2, 0.25) is 0 Å². The van der Waals surface area contributed by atoms with E-state index in [-0.39, 0.29) is 22.9 Å². The van der Waals surface area contributed by atoms with Crippen molar-refractivity contribution in [3.05, 3.63) is 59.4 Å². The molecule has 2 amide bonds. The first-order valence-corrected chi connectivity index (χ1v) is 9.61. The van der Waals surface area contributed by atoms with E-state index in [0.717, 1.165) is 24.3 Å². The fourth-order valence-corrected chi connectivity index (χ4v) is 3.28. The average molecular weight is 380 g/mol. The van der Waals surface area contributed by atoms with Crippen LogP contribution >= 0.6 is 0 Å². The SMILES string of the molecule is CN1CCN(C(=O)c2cccc(C(=O)Nc3ccccc3C(C)(C)C)n2)CC1. The zero-order valence-electron chi connectivity index (χ0n) is 17.0. The van der Waals surface area contributed by atoms with E-state index in [1.54, 1.807) is 23.1 Å². The van der Waals surface area contributed by atoms with Crippen LogP contribution in [0, 0.1) is 0 Å². The van der Waals surface area contributed by atoms with Gasteiger partial charge in [-0.3, -0.25) is 9.59 Å². The van der Waals surface area contributed by atoms with Gasteiger partial charge in [-0.05, 0) is 36.2 Å². The standard InChI is InChI=1S/C22H28N4O2/c1-22(2,3)16-8-5-6-9-17(16)24-20(27)18-10-7-11-19(23-18)21(28)26-14-12-25(4)13-15-26/h5-11H,12-15H2,1-4H3,(H,24,27). The van der Waals surface area contributed by atoms with Crippen LogP contribution in [0.25, 0.3) is 0 Å². The lowest BCUT2D eigenvalue weighted by Crippen LogP contribution is -2.47. The van der Waals surface area contributed by atoms with Crippen LogP contribution in [0.1, 0.15) is 47.3 Å². The first-order chi connectivity index (χ1) is 13.3. The molecule has 0 unspecified atom stereocenters. The van der Waals surface area contributed by atoms with E-state index in [1.165, 1.54) is 0 Å². The molecular weight excluding hydrogens is 352 g/mol. The summed E-state index contributed by atoms with van der Waals surface area (Å²) in [5.74, 6) is -0.442. The van der Waals surface area contributed by atoms with Gasteiger partial charge < -0.3 is 15.1 Å². The molecule has 148 valence electrons. The first-order valence-electron chi connectivity index (χ1n) is 9.61. The Labute approximate surface area is 166 Å². The van der Waals surface area contributed by atoms with E-state index in [9.17, 15) is 9.59 Å². The van der Waals surface area contributed by atoms with E-state index >= 15 is 0 Å². The Bertz CT molecular complexity index is 865. The number of pyridine rings is 1. The lowest BCUT2D eigenvalue weighted by atomic mass is 9.86. The van der Waals surface area contributed by atoms with Gasteiger partial charge in [-0.2, -0.15) is 0 Å². The number of carbonyl (C=O) groups excluding carboxylic acids is 2. The van der Waals surface area contributed by atoms with Gasteiger partial charge in [0, 0.05) is 31.9 Å². The number of amides is 2. The van der Waals surface area contributed by atoms with Crippen LogP contribution in [-0.4, -0.2) is 59.8 Å². The molecule has 1 N–H and O–H groups in total. The number of nitrogens with one attached hydrogen (secondary N) is 1. The number of rotatable bonds is 3. The Hall–Kier alpha value is -2.73. The molecule has 3 rings (SSSR count). The molecule has 0 spiro atoms. The fraction of sp³-hybridized carbons (Fsp3) is 0.409. The number of piperazine rings is 1. The summed E-state index contributed by atoms with van der Waals surface area (Å²) >= 11 is 0. The van der Waals surface area contributed by atoms with Gasteiger partial charge in [-0.25, -0.2) is 4.98 Å². The molecule has 2 heterocycles. The minimum atomic E-state index is -0.315. The van der Waals surface area contributed by atoms with Crippen molar-refractivity contribution in [2.24, 2.45) is 0 Å². The highest BCUT2D eigenvalue weighted by Crippen LogP contribution is 2.29. The molecule has 1 aliphatic heterocycles. The normalized spacial score (nSPS) is 15.4. The maximum absolute atomic E-state index is 12.8. The van der Waals surface area contributed by atoms with Crippen molar-refractivity contribution in [3.63, 3.8) is 0 Å². The van der Waals surface area contributed by atoms with Gasteiger partial charge in [-0.1, -0.05) is 45.0 Å². The number of para-hydroxylation sites is 1. The van der Waals surface area contributed by atoms with Crippen molar-refractivity contribution in [3.8, 4) is 0 Å². The fourth-order valence-electron chi connectivity index (χ4n) is 3.28. The summed E-state index contributed by atoms with van der Waals surface area (Å²) < 4.78 is 0. The second kappa shape index (κ2) is 8.10. The highest BCUT2D eigenvalue weighted by atomic mass is 16.2. The predicted octanol–water partition coefficient (Wildman–Crippen LogP) is 3.02. The highest BCUT2D eigenvalue weighted by molar-refractivity contribution is 6.04. The zero-order chi connectivity index (χ0) is 20.3. The molecule has 0 radical (unpaired) electrons. The van der Waals surface area contributed by atoms with E-state index in [1.807, 2.05) is 31.3 Å². The minimum Gasteiger partial charge on any atom is -0.335 e. The van der Waals surface area contributed by atoms with Gasteiger partial charge >= 0.3 is 0 Å². The predicted molar refractivity (Wildman–Crippen MR) is 111 cm³/mol. The number of hydrogen-bond donors (Lipinski definition) is 1. The molecule has 1 aromatic heterocycles. The molecule has 1 aromatic carbocycles. The summed E-state index contributed by atoms with van der Waals surface area (Å²) in [6, 6.07) is 12.8. The molecule has 28 heavy (non-hydrogen) atoms. The Morgan fingerprint density at radius 3 is 2.25 bits per heavy atom. The molecule has 1 saturated heterocycles. The van der Waals surface area contributed by atoms with E-state index < -0.39 is 0 Å². The molecule has 6 heteroatoms. The van der Waals surface area contributed by atoms with Crippen molar-refractivity contribution in [2.75, 3.05) is 38.5 Å². The molecule has 0 saturated carbocycles. The summed E-state index contributed by atoms with van der Waals surface area (Å²) in [5, 5.41) is 2.95. The van der Waals surface area contributed by atoms with Crippen LogP contribution in [0.2, 0.25) is 0 Å². The van der Waals surface area contributed by atoms with Crippen molar-refractivity contribution in [1.29, 1.82) is 0 Å². The van der Waals surface area contributed by atoms with Crippen LogP contribution in [-0.2, 0) is 5.41 Å². The van der Waals surface area contributed by atoms with E-state index in [0.29, 0.717) is 18.8 Å². The van der Waals surface area contributed by atoms with Gasteiger partial charge in [0.1, 0.15) is 11.4 Å². The van der Waals surface area contributed by atoms with Crippen LogP contribution < -0.4 is 5.32 Å². The third-order valence-electron chi connectivity index (χ3n) is 4.97. The Morgan fingerprint density at radius 2 is 1.57 bits per heavy atom. The largest absolute Gasteiger partial charge is 0.335 e. The summed E-state index contributed by atoms with van der Waals surface area (Å²) in [6.07, 6.45) is 0. The maximum Gasteiger partial charge on any atom is 0.274 e. The number of likely N-dealkylation sites (N-methyl/N-ethyl adjacent to an activating group) is 1. The van der Waals surface area contributed by atoms with Crippen LogP contribution in [0.15, 0.2) is 42.5 Å². The number of aromatic nitrogens is 1. The number of anilines is 1. The number of hydrogen-bond acceptors (Lipinski definition) is 4. The molecule has 0 atom stereocenters.